The number of hydrogen-bond acceptors (Lipinski definition) is 6. The van der Waals surface area contributed by atoms with Crippen molar-refractivity contribution in [2.24, 2.45) is 0 Å². The number of nitrogen functional groups attached to an aromatic ring is 1. The number of carbonyl (C=O) groups is 1. The molecule has 0 aliphatic rings. The molecule has 2 aromatic heterocycles. The molecular formula is C18H19N3O2S2. The molecular weight excluding hydrogens is 354 g/mol. The largest absolute Gasteiger partial charge is 0.492 e. The van der Waals surface area contributed by atoms with E-state index in [1.54, 1.807) is 11.3 Å². The number of para-hydroxylation sites is 2. The van der Waals surface area contributed by atoms with Gasteiger partial charge >= 0.3 is 0 Å². The number of nitrogens with two attached hydrogens (primary N) is 1. The Kier molecular flexibility index (Phi) is 5.67. The molecule has 3 N–H and O–H groups in total. The highest BCUT2D eigenvalue weighted by Gasteiger charge is 2.15. The van der Waals surface area contributed by atoms with Gasteiger partial charge in [0.1, 0.15) is 5.75 Å². The fourth-order valence-electron chi connectivity index (χ4n) is 2.44. The Bertz CT molecular complexity index is 844. The van der Waals surface area contributed by atoms with Crippen LogP contribution < -0.4 is 15.8 Å². The number of amides is 1. The van der Waals surface area contributed by atoms with Gasteiger partial charge in [0.25, 0.3) is 0 Å². The van der Waals surface area contributed by atoms with E-state index in [1.807, 2.05) is 48.7 Å². The number of thiazole rings is 1. The van der Waals surface area contributed by atoms with Crippen molar-refractivity contribution in [2.45, 2.75) is 19.8 Å². The zero-order valence-electron chi connectivity index (χ0n) is 13.8. The zero-order valence-corrected chi connectivity index (χ0v) is 15.5. The number of rotatable bonds is 7. The molecule has 0 bridgehead atoms. The van der Waals surface area contributed by atoms with E-state index < -0.39 is 0 Å². The lowest BCUT2D eigenvalue weighted by Crippen LogP contribution is -2.13. The number of carbonyl (C=O) groups excluding carboxylic acids is 1. The van der Waals surface area contributed by atoms with Gasteiger partial charge in [-0.3, -0.25) is 4.79 Å². The van der Waals surface area contributed by atoms with Crippen LogP contribution in [0.5, 0.6) is 5.75 Å². The number of benzene rings is 1. The smallest absolute Gasteiger partial charge is 0.224 e. The second kappa shape index (κ2) is 8.13. The van der Waals surface area contributed by atoms with Crippen molar-refractivity contribution < 1.29 is 9.53 Å². The average Bonchev–Trinajstić information content (AvgIpc) is 3.24. The number of aromatic nitrogens is 1. The van der Waals surface area contributed by atoms with Gasteiger partial charge in [-0.15, -0.1) is 22.7 Å². The fraction of sp³-hybridized carbons (Fsp3) is 0.222. The summed E-state index contributed by atoms with van der Waals surface area (Å²) in [5.41, 5.74) is 7.44. The normalized spacial score (nSPS) is 10.6. The highest BCUT2D eigenvalue weighted by molar-refractivity contribution is 7.17. The number of anilines is 2. The van der Waals surface area contributed by atoms with E-state index in [0.29, 0.717) is 36.0 Å². The number of nitrogens with one attached hydrogen (secondary N) is 1. The Hall–Kier alpha value is -2.38. The molecule has 0 saturated heterocycles. The highest BCUT2D eigenvalue weighted by atomic mass is 32.1. The molecule has 5 nitrogen and oxygen atoms in total. The molecule has 0 aliphatic carbocycles. The van der Waals surface area contributed by atoms with Gasteiger partial charge in [0, 0.05) is 11.3 Å². The van der Waals surface area contributed by atoms with Crippen LogP contribution in [0.3, 0.4) is 0 Å². The van der Waals surface area contributed by atoms with Gasteiger partial charge in [-0.25, -0.2) is 4.98 Å². The second-order valence-electron chi connectivity index (χ2n) is 5.28. The molecule has 0 unspecified atom stereocenters. The first kappa shape index (κ1) is 17.4. The molecule has 0 atom stereocenters. The van der Waals surface area contributed by atoms with E-state index in [1.165, 1.54) is 11.3 Å². The van der Waals surface area contributed by atoms with Gasteiger partial charge in [0.2, 0.25) is 5.91 Å². The lowest BCUT2D eigenvalue weighted by atomic mass is 10.2. The Labute approximate surface area is 154 Å². The molecule has 1 aromatic carbocycles. The quantitative estimate of drug-likeness (QED) is 0.642. The second-order valence-corrected chi connectivity index (χ2v) is 7.34. The maximum Gasteiger partial charge on any atom is 0.224 e. The molecule has 130 valence electrons. The predicted octanol–water partition coefficient (Wildman–Crippen LogP) is 4.42. The molecule has 1 amide bonds. The van der Waals surface area contributed by atoms with Gasteiger partial charge < -0.3 is 15.8 Å². The van der Waals surface area contributed by atoms with Crippen molar-refractivity contribution in [3.05, 3.63) is 46.7 Å². The number of thiophene rings is 1. The van der Waals surface area contributed by atoms with E-state index in [-0.39, 0.29) is 5.91 Å². The highest BCUT2D eigenvalue weighted by Crippen LogP contribution is 2.33. The minimum atomic E-state index is -0.0590. The number of aryl methyl sites for hydroxylation is 1. The van der Waals surface area contributed by atoms with Crippen LogP contribution in [0.15, 0.2) is 41.8 Å². The van der Waals surface area contributed by atoms with Crippen LogP contribution in [0, 0.1) is 0 Å². The summed E-state index contributed by atoms with van der Waals surface area (Å²) in [7, 11) is 0. The predicted molar refractivity (Wildman–Crippen MR) is 104 cm³/mol. The number of hydrogen-bond donors (Lipinski definition) is 2. The number of nitrogens with zero attached hydrogens (tertiary/aromatic N) is 1. The van der Waals surface area contributed by atoms with Crippen molar-refractivity contribution >= 4 is 39.4 Å². The Morgan fingerprint density at radius 1 is 1.28 bits per heavy atom. The van der Waals surface area contributed by atoms with E-state index in [2.05, 4.69) is 10.3 Å². The van der Waals surface area contributed by atoms with Gasteiger partial charge in [-0.1, -0.05) is 18.2 Å². The van der Waals surface area contributed by atoms with Gasteiger partial charge in [-0.2, -0.15) is 0 Å². The SMILES string of the molecule is CCOc1ccccc1NC(=O)CCc1sc(N)nc1-c1cccs1. The number of ether oxygens (including phenoxy) is 1. The van der Waals surface area contributed by atoms with Gasteiger partial charge in [-0.05, 0) is 36.9 Å². The Balaban J connectivity index is 1.66. The Morgan fingerprint density at radius 3 is 2.88 bits per heavy atom. The lowest BCUT2D eigenvalue weighted by molar-refractivity contribution is -0.116. The summed E-state index contributed by atoms with van der Waals surface area (Å²) in [5.74, 6) is 0.621. The summed E-state index contributed by atoms with van der Waals surface area (Å²) in [4.78, 5) is 18.9. The van der Waals surface area contributed by atoms with Crippen molar-refractivity contribution in [3.8, 4) is 16.3 Å². The van der Waals surface area contributed by atoms with Crippen molar-refractivity contribution in [2.75, 3.05) is 17.7 Å². The third kappa shape index (κ3) is 4.37. The molecule has 0 saturated carbocycles. The maximum absolute atomic E-state index is 12.3. The van der Waals surface area contributed by atoms with E-state index in [4.69, 9.17) is 10.5 Å². The summed E-state index contributed by atoms with van der Waals surface area (Å²) in [6, 6.07) is 11.4. The van der Waals surface area contributed by atoms with Crippen molar-refractivity contribution in [3.63, 3.8) is 0 Å². The third-order valence-corrected chi connectivity index (χ3v) is 5.33. The van der Waals surface area contributed by atoms with Crippen molar-refractivity contribution in [1.82, 2.24) is 4.98 Å². The Morgan fingerprint density at radius 2 is 2.12 bits per heavy atom. The molecule has 3 aromatic rings. The topological polar surface area (TPSA) is 77.2 Å². The van der Waals surface area contributed by atoms with Crippen LogP contribution in [0.25, 0.3) is 10.6 Å². The molecule has 2 heterocycles. The van der Waals surface area contributed by atoms with Gasteiger partial charge in [0.15, 0.2) is 5.13 Å². The first-order chi connectivity index (χ1) is 12.2. The minimum Gasteiger partial charge on any atom is -0.492 e. The first-order valence-electron chi connectivity index (χ1n) is 7.98. The maximum atomic E-state index is 12.3. The van der Waals surface area contributed by atoms with E-state index in [9.17, 15) is 4.79 Å². The van der Waals surface area contributed by atoms with Gasteiger partial charge in [0.05, 0.1) is 22.9 Å². The van der Waals surface area contributed by atoms with Crippen LogP contribution in [0.4, 0.5) is 10.8 Å². The summed E-state index contributed by atoms with van der Waals surface area (Å²) in [6.07, 6.45) is 0.963. The summed E-state index contributed by atoms with van der Waals surface area (Å²) < 4.78 is 5.53. The summed E-state index contributed by atoms with van der Waals surface area (Å²) in [6.45, 7) is 2.47. The fourth-order valence-corrected chi connectivity index (χ4v) is 4.09. The van der Waals surface area contributed by atoms with Crippen LogP contribution in [-0.4, -0.2) is 17.5 Å². The molecule has 25 heavy (non-hydrogen) atoms. The zero-order chi connectivity index (χ0) is 17.6. The third-order valence-electron chi connectivity index (χ3n) is 3.51. The van der Waals surface area contributed by atoms with Crippen LogP contribution in [0.2, 0.25) is 0 Å². The molecule has 0 radical (unpaired) electrons. The summed E-state index contributed by atoms with van der Waals surface area (Å²) >= 11 is 3.06. The lowest BCUT2D eigenvalue weighted by Gasteiger charge is -2.11. The van der Waals surface area contributed by atoms with Crippen LogP contribution in [-0.2, 0) is 11.2 Å². The molecule has 3 rings (SSSR count). The molecule has 0 fully saturated rings. The van der Waals surface area contributed by atoms with Crippen LogP contribution >= 0.6 is 22.7 Å². The minimum absolute atomic E-state index is 0.0590. The van der Waals surface area contributed by atoms with Crippen molar-refractivity contribution in [1.29, 1.82) is 0 Å². The molecule has 0 spiro atoms. The average molecular weight is 374 g/mol. The standard InChI is InChI=1S/C18H19N3O2S2/c1-2-23-13-7-4-3-6-12(13)20-16(22)10-9-15-17(21-18(19)25-15)14-8-5-11-24-14/h3-8,11H,2,9-10H2,1H3,(H2,19,21)(H,20,22). The summed E-state index contributed by atoms with van der Waals surface area (Å²) in [5, 5.41) is 5.45. The van der Waals surface area contributed by atoms with Crippen LogP contribution in [0.1, 0.15) is 18.2 Å². The monoisotopic (exact) mass is 373 g/mol. The molecule has 7 heteroatoms. The first-order valence-corrected chi connectivity index (χ1v) is 9.67. The van der Waals surface area contributed by atoms with E-state index >= 15 is 0 Å². The van der Waals surface area contributed by atoms with E-state index in [0.717, 1.165) is 15.4 Å². The molecule has 0 aliphatic heterocycles.